The van der Waals surface area contributed by atoms with Crippen LogP contribution in [0, 0.1) is 0 Å². The molecule has 1 aliphatic carbocycles. The Kier molecular flexibility index (Phi) is 9.12. The van der Waals surface area contributed by atoms with Crippen LogP contribution in [0.2, 0.25) is 0 Å². The minimum Gasteiger partial charge on any atom is -0.497 e. The summed E-state index contributed by atoms with van der Waals surface area (Å²) in [5.74, 6) is 0.140. The summed E-state index contributed by atoms with van der Waals surface area (Å²) in [4.78, 5) is 35.8. The van der Waals surface area contributed by atoms with Crippen molar-refractivity contribution in [3.63, 3.8) is 0 Å². The quantitative estimate of drug-likeness (QED) is 0.487. The SMILES string of the molecule is C=C(C)C(=O)CCNC(=O)OC1CCCCC1OC(=O)/C=C/c1ccc(OC)cc1. The summed E-state index contributed by atoms with van der Waals surface area (Å²) < 4.78 is 16.1. The summed E-state index contributed by atoms with van der Waals surface area (Å²) in [5.41, 5.74) is 1.29. The maximum Gasteiger partial charge on any atom is 0.407 e. The molecule has 0 radical (unpaired) electrons. The zero-order chi connectivity index (χ0) is 21.9. The van der Waals surface area contributed by atoms with Crippen molar-refractivity contribution >= 4 is 23.9 Å². The second-order valence-corrected chi connectivity index (χ2v) is 7.19. The van der Waals surface area contributed by atoms with Crippen molar-refractivity contribution in [2.75, 3.05) is 13.7 Å². The number of nitrogens with one attached hydrogen (secondary N) is 1. The van der Waals surface area contributed by atoms with Crippen molar-refractivity contribution in [1.82, 2.24) is 5.32 Å². The number of alkyl carbamates (subject to hydrolysis) is 1. The fraction of sp³-hybridized carbons (Fsp3) is 0.435. The van der Waals surface area contributed by atoms with Gasteiger partial charge in [-0.2, -0.15) is 0 Å². The predicted octanol–water partition coefficient (Wildman–Crippen LogP) is 3.82. The number of Topliss-reactive ketones (excluding diaryl/α,β-unsaturated/α-hetero) is 1. The van der Waals surface area contributed by atoms with Crippen LogP contribution < -0.4 is 10.1 Å². The molecule has 2 rings (SSSR count). The van der Waals surface area contributed by atoms with Gasteiger partial charge >= 0.3 is 12.1 Å². The first kappa shape index (κ1) is 23.2. The number of hydrogen-bond donors (Lipinski definition) is 1. The number of amides is 1. The fourth-order valence-electron chi connectivity index (χ4n) is 3.07. The third-order valence-corrected chi connectivity index (χ3v) is 4.79. The Balaban J connectivity index is 1.83. The number of esters is 1. The van der Waals surface area contributed by atoms with Crippen molar-refractivity contribution in [3.05, 3.63) is 48.1 Å². The van der Waals surface area contributed by atoms with E-state index in [-0.39, 0.29) is 18.7 Å². The first-order valence-electron chi connectivity index (χ1n) is 10.0. The predicted molar refractivity (Wildman–Crippen MR) is 113 cm³/mol. The second-order valence-electron chi connectivity index (χ2n) is 7.19. The van der Waals surface area contributed by atoms with Gasteiger partial charge in [-0.05, 0) is 62.0 Å². The maximum atomic E-state index is 12.2. The van der Waals surface area contributed by atoms with E-state index in [1.165, 1.54) is 6.08 Å². The molecule has 1 N–H and O–H groups in total. The largest absolute Gasteiger partial charge is 0.497 e. The molecule has 2 atom stereocenters. The molecule has 30 heavy (non-hydrogen) atoms. The van der Waals surface area contributed by atoms with Crippen LogP contribution in [0.3, 0.4) is 0 Å². The van der Waals surface area contributed by atoms with Gasteiger partial charge in [0, 0.05) is 19.0 Å². The standard InChI is InChI=1S/C23H29NO6/c1-16(2)19(25)14-15-24-23(27)30-21-7-5-4-6-20(21)29-22(26)13-10-17-8-11-18(28-3)12-9-17/h8-13,20-21H,1,4-7,14-15H2,2-3H3,(H,24,27)/b13-10+. The number of carbonyl (C=O) groups is 3. The van der Waals surface area contributed by atoms with E-state index in [1.54, 1.807) is 32.2 Å². The van der Waals surface area contributed by atoms with Gasteiger partial charge in [-0.15, -0.1) is 0 Å². The minimum atomic E-state index is -0.619. The second kappa shape index (κ2) is 11.8. The van der Waals surface area contributed by atoms with Crippen molar-refractivity contribution in [2.24, 2.45) is 0 Å². The van der Waals surface area contributed by atoms with Crippen LogP contribution in [-0.4, -0.2) is 43.7 Å². The van der Waals surface area contributed by atoms with Gasteiger partial charge in [0.1, 0.15) is 18.0 Å². The van der Waals surface area contributed by atoms with Crippen molar-refractivity contribution in [2.45, 2.75) is 51.2 Å². The van der Waals surface area contributed by atoms with Gasteiger partial charge in [-0.3, -0.25) is 4.79 Å². The molecular weight excluding hydrogens is 386 g/mol. The Morgan fingerprint density at radius 2 is 1.73 bits per heavy atom. The number of hydrogen-bond acceptors (Lipinski definition) is 6. The van der Waals surface area contributed by atoms with E-state index in [1.807, 2.05) is 12.1 Å². The van der Waals surface area contributed by atoms with Crippen molar-refractivity contribution < 1.29 is 28.6 Å². The van der Waals surface area contributed by atoms with Crippen LogP contribution in [0.5, 0.6) is 5.75 Å². The van der Waals surface area contributed by atoms with Gasteiger partial charge in [-0.25, -0.2) is 9.59 Å². The van der Waals surface area contributed by atoms with Gasteiger partial charge in [0.2, 0.25) is 0 Å². The first-order chi connectivity index (χ1) is 14.4. The zero-order valence-corrected chi connectivity index (χ0v) is 17.5. The molecule has 2 unspecified atom stereocenters. The average Bonchev–Trinajstić information content (AvgIpc) is 2.74. The van der Waals surface area contributed by atoms with Gasteiger partial charge in [0.25, 0.3) is 0 Å². The number of methoxy groups -OCH3 is 1. The molecule has 1 fully saturated rings. The summed E-state index contributed by atoms with van der Waals surface area (Å²) in [7, 11) is 1.59. The van der Waals surface area contributed by atoms with Gasteiger partial charge in [0.05, 0.1) is 7.11 Å². The van der Waals surface area contributed by atoms with Crippen LogP contribution >= 0.6 is 0 Å². The molecule has 7 nitrogen and oxygen atoms in total. The highest BCUT2D eigenvalue weighted by atomic mass is 16.6. The fourth-order valence-corrected chi connectivity index (χ4v) is 3.07. The number of carbonyl (C=O) groups excluding carboxylic acids is 3. The molecule has 0 aliphatic heterocycles. The Morgan fingerprint density at radius 3 is 2.33 bits per heavy atom. The lowest BCUT2D eigenvalue weighted by atomic mass is 9.94. The average molecular weight is 415 g/mol. The number of ether oxygens (including phenoxy) is 3. The Labute approximate surface area is 177 Å². The van der Waals surface area contributed by atoms with E-state index in [4.69, 9.17) is 14.2 Å². The monoisotopic (exact) mass is 415 g/mol. The van der Waals surface area contributed by atoms with E-state index in [2.05, 4.69) is 11.9 Å². The van der Waals surface area contributed by atoms with E-state index in [0.29, 0.717) is 18.4 Å². The zero-order valence-electron chi connectivity index (χ0n) is 17.5. The highest BCUT2D eigenvalue weighted by Crippen LogP contribution is 2.24. The Hall–Kier alpha value is -3.09. The molecule has 1 aromatic rings. The lowest BCUT2D eigenvalue weighted by Gasteiger charge is -2.30. The van der Waals surface area contributed by atoms with E-state index in [9.17, 15) is 14.4 Å². The van der Waals surface area contributed by atoms with E-state index in [0.717, 1.165) is 24.2 Å². The molecule has 162 valence electrons. The minimum absolute atomic E-state index is 0.108. The van der Waals surface area contributed by atoms with E-state index < -0.39 is 24.3 Å². The van der Waals surface area contributed by atoms with Gasteiger partial charge in [0.15, 0.2) is 5.78 Å². The van der Waals surface area contributed by atoms with Crippen molar-refractivity contribution in [1.29, 1.82) is 0 Å². The summed E-state index contributed by atoms with van der Waals surface area (Å²) >= 11 is 0. The topological polar surface area (TPSA) is 90.9 Å². The summed E-state index contributed by atoms with van der Waals surface area (Å²) in [6.45, 7) is 5.38. The van der Waals surface area contributed by atoms with Gasteiger partial charge < -0.3 is 19.5 Å². The molecule has 1 amide bonds. The first-order valence-corrected chi connectivity index (χ1v) is 10.0. The van der Waals surface area contributed by atoms with Crippen molar-refractivity contribution in [3.8, 4) is 5.75 Å². The lowest BCUT2D eigenvalue weighted by Crippen LogP contribution is -2.40. The molecular formula is C23H29NO6. The molecule has 1 aromatic carbocycles. The smallest absolute Gasteiger partial charge is 0.407 e. The van der Waals surface area contributed by atoms with Crippen LogP contribution in [0.25, 0.3) is 6.08 Å². The van der Waals surface area contributed by atoms with Crippen LogP contribution in [0.15, 0.2) is 42.5 Å². The van der Waals surface area contributed by atoms with Gasteiger partial charge in [-0.1, -0.05) is 18.7 Å². The lowest BCUT2D eigenvalue weighted by molar-refractivity contribution is -0.151. The van der Waals surface area contributed by atoms with Crippen LogP contribution in [0.1, 0.15) is 44.6 Å². The Bertz CT molecular complexity index is 783. The molecule has 1 aliphatic rings. The normalized spacial score (nSPS) is 18.5. The number of allylic oxidation sites excluding steroid dienone is 1. The Morgan fingerprint density at radius 1 is 1.10 bits per heavy atom. The molecule has 0 saturated heterocycles. The number of rotatable bonds is 9. The molecule has 7 heteroatoms. The molecule has 0 heterocycles. The summed E-state index contributed by atoms with van der Waals surface area (Å²) in [6.07, 6.45) is 4.62. The molecule has 1 saturated carbocycles. The molecule has 0 aromatic heterocycles. The highest BCUT2D eigenvalue weighted by Gasteiger charge is 2.31. The number of benzene rings is 1. The molecule has 0 spiro atoms. The summed E-state index contributed by atoms with van der Waals surface area (Å²) in [5, 5.41) is 2.56. The van der Waals surface area contributed by atoms with E-state index >= 15 is 0 Å². The highest BCUT2D eigenvalue weighted by molar-refractivity contribution is 5.94. The third-order valence-electron chi connectivity index (χ3n) is 4.79. The van der Waals surface area contributed by atoms with Crippen LogP contribution in [0.4, 0.5) is 4.79 Å². The molecule has 0 bridgehead atoms. The number of ketones is 1. The third kappa shape index (κ3) is 7.73. The summed E-state index contributed by atoms with van der Waals surface area (Å²) in [6, 6.07) is 7.27. The maximum absolute atomic E-state index is 12.2. The van der Waals surface area contributed by atoms with Crippen LogP contribution in [-0.2, 0) is 19.1 Å².